The third-order valence-corrected chi connectivity index (χ3v) is 1.45. The highest BCUT2D eigenvalue weighted by Crippen LogP contribution is 2.09. The Balaban J connectivity index is 3.05. The van der Waals surface area contributed by atoms with E-state index in [1.54, 1.807) is 11.6 Å². The largest absolute Gasteiger partial charge is 0.390 e. The van der Waals surface area contributed by atoms with Crippen LogP contribution in [0.15, 0.2) is 6.07 Å². The maximum absolute atomic E-state index is 10.2. The van der Waals surface area contributed by atoms with Gasteiger partial charge in [-0.2, -0.15) is 4.68 Å². The first-order valence-electron chi connectivity index (χ1n) is 3.34. The quantitative estimate of drug-likeness (QED) is 0.475. The number of hydrogen-bond acceptors (Lipinski definition) is 3. The van der Waals surface area contributed by atoms with E-state index in [0.29, 0.717) is 6.54 Å². The van der Waals surface area contributed by atoms with E-state index in [-0.39, 0.29) is 5.82 Å². The van der Waals surface area contributed by atoms with Gasteiger partial charge in [0.05, 0.1) is 23.4 Å². The molecule has 0 aliphatic carbocycles. The van der Waals surface area contributed by atoms with E-state index in [2.05, 4.69) is 5.10 Å². The second-order valence-electron chi connectivity index (χ2n) is 2.22. The highest BCUT2D eigenvalue weighted by molar-refractivity contribution is 5.20. The number of rotatable bonds is 2. The number of hydrogen-bond donors (Lipinski definition) is 0. The van der Waals surface area contributed by atoms with Crippen LogP contribution in [0.3, 0.4) is 0 Å². The molecule has 0 spiro atoms. The molecule has 0 aliphatic rings. The molecule has 0 saturated carbocycles. The molecule has 0 aromatic carbocycles. The molecule has 1 aromatic rings. The van der Waals surface area contributed by atoms with E-state index in [0.717, 1.165) is 5.69 Å². The molecule has 0 atom stereocenters. The van der Waals surface area contributed by atoms with Gasteiger partial charge in [0.15, 0.2) is 0 Å². The average Bonchev–Trinajstić information content (AvgIpc) is 2.31. The van der Waals surface area contributed by atoms with Crippen LogP contribution in [0.25, 0.3) is 0 Å². The van der Waals surface area contributed by atoms with Gasteiger partial charge in [-0.05, 0) is 18.8 Å². The maximum Gasteiger partial charge on any atom is 0.390 e. The molecule has 0 radical (unpaired) electrons. The first-order chi connectivity index (χ1) is 5.15. The van der Waals surface area contributed by atoms with Gasteiger partial charge in [0, 0.05) is 0 Å². The first kappa shape index (κ1) is 7.71. The van der Waals surface area contributed by atoms with Crippen molar-refractivity contribution in [3.63, 3.8) is 0 Å². The minimum Gasteiger partial charge on any atom is -0.358 e. The third-order valence-electron chi connectivity index (χ3n) is 1.45. The standard InChI is InChI=1S/C6H9N3O2/c1-3-8-5(2)4-6(7-8)9(10)11/h4H,3H2,1-2H3. The van der Waals surface area contributed by atoms with E-state index in [1.165, 1.54) is 6.07 Å². The fraction of sp³-hybridized carbons (Fsp3) is 0.500. The zero-order valence-electron chi connectivity index (χ0n) is 6.44. The third kappa shape index (κ3) is 1.36. The summed E-state index contributed by atoms with van der Waals surface area (Å²) in [6.07, 6.45) is 0. The fourth-order valence-corrected chi connectivity index (χ4v) is 0.902. The summed E-state index contributed by atoms with van der Waals surface area (Å²) in [6, 6.07) is 1.46. The van der Waals surface area contributed by atoms with E-state index in [9.17, 15) is 10.1 Å². The van der Waals surface area contributed by atoms with E-state index in [4.69, 9.17) is 0 Å². The lowest BCUT2D eigenvalue weighted by Gasteiger charge is -1.88. The van der Waals surface area contributed by atoms with Crippen molar-refractivity contribution >= 4 is 5.82 Å². The normalized spacial score (nSPS) is 10.0. The molecule has 0 fully saturated rings. The summed E-state index contributed by atoms with van der Waals surface area (Å²) in [7, 11) is 0. The van der Waals surface area contributed by atoms with E-state index >= 15 is 0 Å². The van der Waals surface area contributed by atoms with Crippen molar-refractivity contribution in [3.8, 4) is 0 Å². The van der Waals surface area contributed by atoms with Crippen molar-refractivity contribution in [2.45, 2.75) is 20.4 Å². The van der Waals surface area contributed by atoms with Gasteiger partial charge in [-0.3, -0.25) is 0 Å². The molecule has 0 unspecified atom stereocenters. The summed E-state index contributed by atoms with van der Waals surface area (Å²) < 4.78 is 1.60. The lowest BCUT2D eigenvalue weighted by Crippen LogP contribution is -1.99. The highest BCUT2D eigenvalue weighted by atomic mass is 16.6. The Morgan fingerprint density at radius 3 is 2.73 bits per heavy atom. The van der Waals surface area contributed by atoms with Crippen molar-refractivity contribution in [2.24, 2.45) is 0 Å². The predicted octanol–water partition coefficient (Wildman–Crippen LogP) is 1.12. The predicted molar refractivity (Wildman–Crippen MR) is 39.3 cm³/mol. The first-order valence-corrected chi connectivity index (χ1v) is 3.34. The van der Waals surface area contributed by atoms with Crippen LogP contribution in [0.1, 0.15) is 12.6 Å². The van der Waals surface area contributed by atoms with E-state index in [1.807, 2.05) is 6.92 Å². The SMILES string of the molecule is CCn1nc([N+](=O)[O-])cc1C. The number of nitrogens with zero attached hydrogens (tertiary/aromatic N) is 3. The molecule has 0 aliphatic heterocycles. The molecule has 0 N–H and O–H groups in total. The molecule has 11 heavy (non-hydrogen) atoms. The summed E-state index contributed by atoms with van der Waals surface area (Å²) in [5, 5.41) is 14.0. The summed E-state index contributed by atoms with van der Waals surface area (Å²) in [5.74, 6) is -0.0793. The van der Waals surface area contributed by atoms with Crippen molar-refractivity contribution in [3.05, 3.63) is 21.9 Å². The Bertz CT molecular complexity index is 279. The molecule has 1 rings (SSSR count). The Kier molecular flexibility index (Phi) is 1.89. The smallest absolute Gasteiger partial charge is 0.358 e. The van der Waals surface area contributed by atoms with E-state index < -0.39 is 4.92 Å². The van der Waals surface area contributed by atoms with Gasteiger partial charge in [-0.1, -0.05) is 0 Å². The molecule has 0 saturated heterocycles. The zero-order valence-corrected chi connectivity index (χ0v) is 6.44. The van der Waals surface area contributed by atoms with Crippen LogP contribution in [-0.4, -0.2) is 14.7 Å². The second-order valence-corrected chi connectivity index (χ2v) is 2.22. The average molecular weight is 155 g/mol. The summed E-state index contributed by atoms with van der Waals surface area (Å²) >= 11 is 0. The van der Waals surface area contributed by atoms with Crippen LogP contribution < -0.4 is 0 Å². The van der Waals surface area contributed by atoms with Gasteiger partial charge in [0.25, 0.3) is 0 Å². The van der Waals surface area contributed by atoms with Gasteiger partial charge >= 0.3 is 5.82 Å². The van der Waals surface area contributed by atoms with Gasteiger partial charge in [0.1, 0.15) is 0 Å². The minimum atomic E-state index is -0.487. The molecule has 5 nitrogen and oxygen atoms in total. The molecule has 1 heterocycles. The lowest BCUT2D eigenvalue weighted by molar-refractivity contribution is -0.389. The second kappa shape index (κ2) is 2.69. The Hall–Kier alpha value is -1.39. The van der Waals surface area contributed by atoms with Crippen molar-refractivity contribution in [2.75, 3.05) is 0 Å². The van der Waals surface area contributed by atoms with Gasteiger partial charge < -0.3 is 10.1 Å². The Morgan fingerprint density at radius 1 is 1.82 bits per heavy atom. The van der Waals surface area contributed by atoms with Crippen molar-refractivity contribution in [1.29, 1.82) is 0 Å². The van der Waals surface area contributed by atoms with Crippen LogP contribution in [0, 0.1) is 17.0 Å². The van der Waals surface area contributed by atoms with Crippen molar-refractivity contribution < 1.29 is 4.92 Å². The molecule has 1 aromatic heterocycles. The minimum absolute atomic E-state index is 0.0793. The Morgan fingerprint density at radius 2 is 2.45 bits per heavy atom. The fourth-order valence-electron chi connectivity index (χ4n) is 0.902. The molecular formula is C6H9N3O2. The van der Waals surface area contributed by atoms with Gasteiger partial charge in [0.2, 0.25) is 0 Å². The number of aryl methyl sites for hydroxylation is 2. The van der Waals surface area contributed by atoms with Gasteiger partial charge in [-0.15, -0.1) is 0 Å². The number of nitro groups is 1. The van der Waals surface area contributed by atoms with Gasteiger partial charge in [-0.25, -0.2) is 0 Å². The summed E-state index contributed by atoms with van der Waals surface area (Å²) in [5.41, 5.74) is 0.819. The van der Waals surface area contributed by atoms with Crippen LogP contribution in [0.4, 0.5) is 5.82 Å². The summed E-state index contributed by atoms with van der Waals surface area (Å²) in [6.45, 7) is 4.35. The zero-order chi connectivity index (χ0) is 8.43. The number of aromatic nitrogens is 2. The molecule has 0 bridgehead atoms. The lowest BCUT2D eigenvalue weighted by atomic mass is 10.4. The topological polar surface area (TPSA) is 61.0 Å². The van der Waals surface area contributed by atoms with Crippen LogP contribution in [0.2, 0.25) is 0 Å². The summed E-state index contributed by atoms with van der Waals surface area (Å²) in [4.78, 5) is 9.73. The van der Waals surface area contributed by atoms with Crippen LogP contribution in [-0.2, 0) is 6.54 Å². The van der Waals surface area contributed by atoms with Crippen LogP contribution in [0.5, 0.6) is 0 Å². The molecule has 0 amide bonds. The van der Waals surface area contributed by atoms with Crippen LogP contribution >= 0.6 is 0 Å². The monoisotopic (exact) mass is 155 g/mol. The molecular weight excluding hydrogens is 146 g/mol. The van der Waals surface area contributed by atoms with Crippen molar-refractivity contribution in [1.82, 2.24) is 9.78 Å². The Labute approximate surface area is 63.8 Å². The molecule has 5 heteroatoms. The maximum atomic E-state index is 10.2. The highest BCUT2D eigenvalue weighted by Gasteiger charge is 2.12. The molecule has 60 valence electrons.